The number of allylic oxidation sites excluding steroid dienone is 3. The summed E-state index contributed by atoms with van der Waals surface area (Å²) in [5, 5.41) is 9.31. The third kappa shape index (κ3) is 6.64. The minimum Gasteiger partial charge on any atom is -0.470 e. The molecule has 0 fully saturated rings. The fourth-order valence-corrected chi connectivity index (χ4v) is 3.07. The minimum absolute atomic E-state index is 0.363. The van der Waals surface area contributed by atoms with Crippen molar-refractivity contribution in [3.8, 4) is 0 Å². The van der Waals surface area contributed by atoms with E-state index in [1.54, 1.807) is 19.3 Å². The van der Waals surface area contributed by atoms with E-state index in [1.807, 2.05) is 13.1 Å². The maximum Gasteiger partial charge on any atom is 0.0986 e. The lowest BCUT2D eigenvalue weighted by Crippen LogP contribution is -2.06. The molecule has 1 aromatic rings. The lowest BCUT2D eigenvalue weighted by Gasteiger charge is -2.14. The highest BCUT2D eigenvalue weighted by Crippen LogP contribution is 2.19. The zero-order chi connectivity index (χ0) is 18.9. The number of aryl methyl sites for hydroxylation is 1. The van der Waals surface area contributed by atoms with Crippen molar-refractivity contribution < 1.29 is 9.84 Å². The van der Waals surface area contributed by atoms with E-state index in [1.165, 1.54) is 22.4 Å². The van der Waals surface area contributed by atoms with Crippen LogP contribution in [0.5, 0.6) is 0 Å². The number of aliphatic imine (C=N–C) groups is 1. The van der Waals surface area contributed by atoms with Crippen LogP contribution in [-0.4, -0.2) is 16.9 Å². The number of hydrogen-bond donors (Lipinski definition) is 1. The Balaban J connectivity index is 2.06. The van der Waals surface area contributed by atoms with Crippen molar-refractivity contribution >= 4 is 5.71 Å². The third-order valence-corrected chi connectivity index (χ3v) is 4.37. The molecule has 0 saturated carbocycles. The number of nitrogens with zero attached hydrogens (tertiary/aromatic N) is 1. The normalized spacial score (nSPS) is 17.3. The van der Waals surface area contributed by atoms with Gasteiger partial charge in [-0.1, -0.05) is 26.0 Å². The SMILES string of the molecule is CCc1cc(CC(C)/C=C/O/C(C)=C\C(C)O)cc(C2=NC=CCC2)c1. The molecule has 0 spiro atoms. The van der Waals surface area contributed by atoms with Crippen LogP contribution in [0.3, 0.4) is 0 Å². The molecule has 1 heterocycles. The summed E-state index contributed by atoms with van der Waals surface area (Å²) >= 11 is 0. The molecule has 3 nitrogen and oxygen atoms in total. The largest absolute Gasteiger partial charge is 0.470 e. The molecule has 0 radical (unpaired) electrons. The van der Waals surface area contributed by atoms with Crippen LogP contribution in [0, 0.1) is 5.92 Å². The lowest BCUT2D eigenvalue weighted by atomic mass is 9.93. The number of aliphatic hydroxyl groups is 1. The summed E-state index contributed by atoms with van der Waals surface area (Å²) < 4.78 is 5.52. The van der Waals surface area contributed by atoms with Gasteiger partial charge in [0.05, 0.1) is 18.1 Å². The summed E-state index contributed by atoms with van der Waals surface area (Å²) in [5.74, 6) is 1.07. The molecule has 2 rings (SSSR count). The van der Waals surface area contributed by atoms with Crippen LogP contribution in [0.4, 0.5) is 0 Å². The highest BCUT2D eigenvalue weighted by molar-refractivity contribution is 6.01. The zero-order valence-corrected chi connectivity index (χ0v) is 16.4. The predicted molar refractivity (Wildman–Crippen MR) is 109 cm³/mol. The molecule has 0 bridgehead atoms. The molecule has 1 N–H and O–H groups in total. The first kappa shape index (κ1) is 20.2. The van der Waals surface area contributed by atoms with Crippen LogP contribution in [0.1, 0.15) is 57.2 Å². The van der Waals surface area contributed by atoms with Crippen LogP contribution in [-0.2, 0) is 17.6 Å². The number of hydrogen-bond acceptors (Lipinski definition) is 3. The van der Waals surface area contributed by atoms with Crippen molar-refractivity contribution in [3.63, 3.8) is 0 Å². The van der Waals surface area contributed by atoms with E-state index in [4.69, 9.17) is 4.74 Å². The summed E-state index contributed by atoms with van der Waals surface area (Å²) in [6, 6.07) is 6.85. The van der Waals surface area contributed by atoms with E-state index >= 15 is 0 Å². The average Bonchev–Trinajstić information content (AvgIpc) is 2.61. The van der Waals surface area contributed by atoms with E-state index in [-0.39, 0.29) is 0 Å². The van der Waals surface area contributed by atoms with Crippen LogP contribution < -0.4 is 0 Å². The molecule has 2 unspecified atom stereocenters. The minimum atomic E-state index is -0.492. The summed E-state index contributed by atoms with van der Waals surface area (Å²) in [5.41, 5.74) is 5.14. The number of rotatable bonds is 8. The van der Waals surface area contributed by atoms with E-state index in [9.17, 15) is 5.11 Å². The van der Waals surface area contributed by atoms with E-state index in [0.29, 0.717) is 11.7 Å². The molecule has 1 aliphatic rings. The van der Waals surface area contributed by atoms with Crippen LogP contribution in [0.2, 0.25) is 0 Å². The Morgan fingerprint density at radius 2 is 2.04 bits per heavy atom. The van der Waals surface area contributed by atoms with Gasteiger partial charge in [-0.3, -0.25) is 4.99 Å². The van der Waals surface area contributed by atoms with Gasteiger partial charge in [0.2, 0.25) is 0 Å². The summed E-state index contributed by atoms with van der Waals surface area (Å²) in [7, 11) is 0. The Morgan fingerprint density at radius 3 is 2.69 bits per heavy atom. The second-order valence-electron chi connectivity index (χ2n) is 7.04. The fraction of sp³-hybridized carbons (Fsp3) is 0.435. The van der Waals surface area contributed by atoms with Gasteiger partial charge in [0.1, 0.15) is 0 Å². The van der Waals surface area contributed by atoms with Crippen molar-refractivity contribution in [2.75, 3.05) is 0 Å². The Bertz CT molecular complexity index is 711. The summed E-state index contributed by atoms with van der Waals surface area (Å²) in [6.45, 7) is 7.94. The Morgan fingerprint density at radius 1 is 1.27 bits per heavy atom. The van der Waals surface area contributed by atoms with Crippen molar-refractivity contribution in [2.45, 2.75) is 59.5 Å². The van der Waals surface area contributed by atoms with Gasteiger partial charge in [-0.2, -0.15) is 0 Å². The molecule has 3 heteroatoms. The maximum absolute atomic E-state index is 9.31. The van der Waals surface area contributed by atoms with Crippen LogP contribution in [0.25, 0.3) is 0 Å². The van der Waals surface area contributed by atoms with Crippen molar-refractivity contribution in [1.29, 1.82) is 0 Å². The van der Waals surface area contributed by atoms with Gasteiger partial charge in [-0.05, 0) is 86.4 Å². The van der Waals surface area contributed by atoms with Crippen molar-refractivity contribution in [2.24, 2.45) is 10.9 Å². The van der Waals surface area contributed by atoms with Gasteiger partial charge in [0.15, 0.2) is 0 Å². The molecular formula is C23H31NO2. The van der Waals surface area contributed by atoms with Crippen LogP contribution >= 0.6 is 0 Å². The molecule has 140 valence electrons. The first-order valence-electron chi connectivity index (χ1n) is 9.52. The number of benzene rings is 1. The van der Waals surface area contributed by atoms with Crippen LogP contribution in [0.15, 0.2) is 59.6 Å². The zero-order valence-electron chi connectivity index (χ0n) is 16.4. The lowest BCUT2D eigenvalue weighted by molar-refractivity contribution is 0.234. The Kier molecular flexibility index (Phi) is 7.86. The first-order valence-corrected chi connectivity index (χ1v) is 9.52. The highest BCUT2D eigenvalue weighted by atomic mass is 16.5. The van der Waals surface area contributed by atoms with Crippen molar-refractivity contribution in [3.05, 3.63) is 71.3 Å². The van der Waals surface area contributed by atoms with Gasteiger partial charge in [0.25, 0.3) is 0 Å². The van der Waals surface area contributed by atoms with Gasteiger partial charge >= 0.3 is 0 Å². The molecular weight excluding hydrogens is 322 g/mol. The fourth-order valence-electron chi connectivity index (χ4n) is 3.07. The molecule has 2 atom stereocenters. The monoisotopic (exact) mass is 353 g/mol. The third-order valence-electron chi connectivity index (χ3n) is 4.37. The molecule has 0 amide bonds. The standard InChI is InChI=1S/C23H31NO2/c1-5-20-14-21(16-22(15-20)23-8-6-7-10-24-23)12-17(2)9-11-26-19(4)13-18(3)25/h7,9-11,13-18,25H,5-6,8,12H2,1-4H3/b11-9+,19-13-. The molecule has 0 saturated heterocycles. The average molecular weight is 354 g/mol. The molecule has 1 aromatic carbocycles. The van der Waals surface area contributed by atoms with Gasteiger partial charge < -0.3 is 9.84 Å². The molecule has 1 aliphatic heterocycles. The van der Waals surface area contributed by atoms with E-state index < -0.39 is 6.10 Å². The van der Waals surface area contributed by atoms with E-state index in [0.717, 1.165) is 25.7 Å². The second-order valence-corrected chi connectivity index (χ2v) is 7.04. The second kappa shape index (κ2) is 10.1. The Hall–Kier alpha value is -2.13. The topological polar surface area (TPSA) is 41.8 Å². The van der Waals surface area contributed by atoms with Gasteiger partial charge in [-0.25, -0.2) is 0 Å². The van der Waals surface area contributed by atoms with Gasteiger partial charge in [0, 0.05) is 11.9 Å². The quantitative estimate of drug-likeness (QED) is 0.641. The molecule has 0 aliphatic carbocycles. The maximum atomic E-state index is 9.31. The Labute approximate surface area is 157 Å². The summed E-state index contributed by atoms with van der Waals surface area (Å²) in [6.07, 6.45) is 13.1. The van der Waals surface area contributed by atoms with Gasteiger partial charge in [-0.15, -0.1) is 0 Å². The summed E-state index contributed by atoms with van der Waals surface area (Å²) in [4.78, 5) is 4.56. The number of ether oxygens (including phenoxy) is 1. The van der Waals surface area contributed by atoms with Crippen molar-refractivity contribution in [1.82, 2.24) is 0 Å². The van der Waals surface area contributed by atoms with E-state index in [2.05, 4.69) is 49.2 Å². The smallest absolute Gasteiger partial charge is 0.0986 e. The number of aliphatic hydroxyl groups excluding tert-OH is 1. The molecule has 0 aromatic heterocycles. The predicted octanol–water partition coefficient (Wildman–Crippen LogP) is 5.34. The highest BCUT2D eigenvalue weighted by Gasteiger charge is 2.09. The first-order chi connectivity index (χ1) is 12.5. The molecule has 26 heavy (non-hydrogen) atoms.